The largest absolute Gasteiger partial charge is 0.0619 e. The Bertz CT molecular complexity index is 848. The number of benzene rings is 2. The molecule has 0 spiro atoms. The van der Waals surface area contributed by atoms with E-state index in [9.17, 15) is 0 Å². The lowest BCUT2D eigenvalue weighted by Gasteiger charge is -2.17. The third-order valence-corrected chi connectivity index (χ3v) is 5.50. The fourth-order valence-electron chi connectivity index (χ4n) is 4.31. The van der Waals surface area contributed by atoms with Crippen molar-refractivity contribution in [2.45, 2.75) is 33.6 Å². The van der Waals surface area contributed by atoms with Gasteiger partial charge < -0.3 is 0 Å². The highest BCUT2D eigenvalue weighted by Crippen LogP contribution is 2.42. The van der Waals surface area contributed by atoms with Gasteiger partial charge in [0.25, 0.3) is 0 Å². The van der Waals surface area contributed by atoms with Gasteiger partial charge in [-0.15, -0.1) is 0 Å². The average molecular weight is 312 g/mol. The molecule has 0 heterocycles. The summed E-state index contributed by atoms with van der Waals surface area (Å²) in [7, 11) is 0. The third-order valence-electron chi connectivity index (χ3n) is 5.50. The van der Waals surface area contributed by atoms with Crippen LogP contribution in [0.5, 0.6) is 0 Å². The van der Waals surface area contributed by atoms with E-state index in [4.69, 9.17) is 0 Å². The van der Waals surface area contributed by atoms with Crippen molar-refractivity contribution in [3.63, 3.8) is 0 Å². The SMILES string of the molecule is CC1=C(CCC(C)C2=C(C)[CH]c3ccccc32)c2ccccc2[CH]1. The quantitative estimate of drug-likeness (QED) is 0.606. The summed E-state index contributed by atoms with van der Waals surface area (Å²) in [6.07, 6.45) is 7.02. The first-order chi connectivity index (χ1) is 11.6. The molecule has 4 rings (SSSR count). The summed E-state index contributed by atoms with van der Waals surface area (Å²) in [6, 6.07) is 17.6. The Kier molecular flexibility index (Phi) is 3.92. The smallest absolute Gasteiger partial charge is 0.0164 e. The molecule has 2 aliphatic carbocycles. The molecule has 0 N–H and O–H groups in total. The van der Waals surface area contributed by atoms with Gasteiger partial charge >= 0.3 is 0 Å². The number of hydrogen-bond acceptors (Lipinski definition) is 0. The lowest BCUT2D eigenvalue weighted by Crippen LogP contribution is -2.00. The Morgan fingerprint density at radius 3 is 2.08 bits per heavy atom. The Balaban J connectivity index is 1.53. The van der Waals surface area contributed by atoms with Crippen molar-refractivity contribution in [2.24, 2.45) is 5.92 Å². The lowest BCUT2D eigenvalue weighted by molar-refractivity contribution is 0.679. The normalized spacial score (nSPS) is 17.3. The number of rotatable bonds is 4. The van der Waals surface area contributed by atoms with Gasteiger partial charge in [-0.1, -0.05) is 66.6 Å². The minimum absolute atomic E-state index is 0.581. The van der Waals surface area contributed by atoms with Gasteiger partial charge in [0.1, 0.15) is 0 Å². The molecule has 2 aliphatic rings. The molecule has 0 saturated carbocycles. The van der Waals surface area contributed by atoms with Gasteiger partial charge in [-0.2, -0.15) is 0 Å². The summed E-state index contributed by atoms with van der Waals surface area (Å²) >= 11 is 0. The summed E-state index contributed by atoms with van der Waals surface area (Å²) in [4.78, 5) is 0. The van der Waals surface area contributed by atoms with Crippen LogP contribution in [0, 0.1) is 18.8 Å². The van der Waals surface area contributed by atoms with Gasteiger partial charge in [0.05, 0.1) is 0 Å². The average Bonchev–Trinajstić information content (AvgIpc) is 3.08. The van der Waals surface area contributed by atoms with E-state index in [1.165, 1.54) is 45.4 Å². The van der Waals surface area contributed by atoms with Gasteiger partial charge in [0, 0.05) is 12.8 Å². The lowest BCUT2D eigenvalue weighted by atomic mass is 9.87. The molecular weight excluding hydrogens is 288 g/mol. The minimum Gasteiger partial charge on any atom is -0.0619 e. The molecule has 0 fully saturated rings. The van der Waals surface area contributed by atoms with E-state index in [0.717, 1.165) is 6.42 Å². The van der Waals surface area contributed by atoms with Gasteiger partial charge in [0.15, 0.2) is 0 Å². The second kappa shape index (κ2) is 6.09. The van der Waals surface area contributed by atoms with Crippen molar-refractivity contribution in [3.05, 3.63) is 94.8 Å². The van der Waals surface area contributed by atoms with E-state index in [1.54, 1.807) is 5.57 Å². The van der Waals surface area contributed by atoms with E-state index < -0.39 is 0 Å². The van der Waals surface area contributed by atoms with Crippen LogP contribution in [0.4, 0.5) is 0 Å². The predicted octanol–water partition coefficient (Wildman–Crippen LogP) is 6.48. The molecule has 2 aromatic rings. The highest BCUT2D eigenvalue weighted by molar-refractivity contribution is 5.82. The molecule has 2 aromatic carbocycles. The molecule has 0 aliphatic heterocycles. The van der Waals surface area contributed by atoms with Crippen LogP contribution in [0.1, 0.15) is 55.9 Å². The van der Waals surface area contributed by atoms with Crippen molar-refractivity contribution in [1.29, 1.82) is 0 Å². The molecule has 1 unspecified atom stereocenters. The van der Waals surface area contributed by atoms with E-state index in [1.807, 2.05) is 0 Å². The van der Waals surface area contributed by atoms with E-state index >= 15 is 0 Å². The Labute approximate surface area is 145 Å². The summed E-state index contributed by atoms with van der Waals surface area (Å²) < 4.78 is 0. The maximum atomic E-state index is 2.38. The summed E-state index contributed by atoms with van der Waals surface area (Å²) in [5.74, 6) is 0.581. The molecule has 0 amide bonds. The van der Waals surface area contributed by atoms with Gasteiger partial charge in [-0.25, -0.2) is 0 Å². The van der Waals surface area contributed by atoms with E-state index in [0.29, 0.717) is 5.92 Å². The molecule has 0 bridgehead atoms. The molecule has 0 heteroatoms. The standard InChI is InChI=1S/C24H24/c1-16(24-18(3)15-20-9-5-7-11-23(20)24)12-13-21-17(2)14-19-8-4-6-10-22(19)21/h4-11,14-16H,12-13H2,1-3H3. The molecule has 24 heavy (non-hydrogen) atoms. The van der Waals surface area contributed by atoms with E-state index in [2.05, 4.69) is 82.1 Å². The zero-order chi connectivity index (χ0) is 16.7. The van der Waals surface area contributed by atoms with Crippen molar-refractivity contribution in [2.75, 3.05) is 0 Å². The van der Waals surface area contributed by atoms with Crippen LogP contribution in [0.2, 0.25) is 0 Å². The number of allylic oxidation sites excluding steroid dienone is 4. The van der Waals surface area contributed by atoms with Crippen LogP contribution in [0.15, 0.2) is 59.7 Å². The molecule has 0 aromatic heterocycles. The van der Waals surface area contributed by atoms with Gasteiger partial charge in [-0.3, -0.25) is 0 Å². The first-order valence-electron chi connectivity index (χ1n) is 8.94. The summed E-state index contributed by atoms with van der Waals surface area (Å²) in [5, 5.41) is 0. The van der Waals surface area contributed by atoms with Crippen molar-refractivity contribution in [1.82, 2.24) is 0 Å². The van der Waals surface area contributed by atoms with Crippen LogP contribution < -0.4 is 0 Å². The molecule has 0 nitrogen and oxygen atoms in total. The van der Waals surface area contributed by atoms with Crippen LogP contribution in [-0.2, 0) is 0 Å². The fourth-order valence-corrected chi connectivity index (χ4v) is 4.31. The first-order valence-corrected chi connectivity index (χ1v) is 8.94. The van der Waals surface area contributed by atoms with Crippen molar-refractivity contribution in [3.8, 4) is 0 Å². The second-order valence-corrected chi connectivity index (χ2v) is 7.16. The Morgan fingerprint density at radius 2 is 1.33 bits per heavy atom. The third kappa shape index (κ3) is 2.55. The van der Waals surface area contributed by atoms with Crippen LogP contribution in [-0.4, -0.2) is 0 Å². The summed E-state index contributed by atoms with van der Waals surface area (Å²) in [6.45, 7) is 6.90. The minimum atomic E-state index is 0.581. The molecule has 120 valence electrons. The Morgan fingerprint density at radius 1 is 0.750 bits per heavy atom. The number of fused-ring (bicyclic) bond motifs is 2. The first kappa shape index (κ1) is 15.4. The molecule has 1 atom stereocenters. The predicted molar refractivity (Wildman–Crippen MR) is 103 cm³/mol. The number of hydrogen-bond donors (Lipinski definition) is 0. The van der Waals surface area contributed by atoms with Gasteiger partial charge in [0.2, 0.25) is 0 Å². The topological polar surface area (TPSA) is 0 Å². The zero-order valence-corrected chi connectivity index (χ0v) is 14.8. The van der Waals surface area contributed by atoms with Crippen LogP contribution >= 0.6 is 0 Å². The monoisotopic (exact) mass is 312 g/mol. The van der Waals surface area contributed by atoms with Crippen molar-refractivity contribution < 1.29 is 0 Å². The maximum absolute atomic E-state index is 2.38. The highest BCUT2D eigenvalue weighted by Gasteiger charge is 2.24. The van der Waals surface area contributed by atoms with Gasteiger partial charge in [-0.05, 0) is 66.0 Å². The Hall–Kier alpha value is -2.08. The molecular formula is C24H24. The fraction of sp³-hybridized carbons (Fsp3) is 0.250. The van der Waals surface area contributed by atoms with Crippen molar-refractivity contribution >= 4 is 11.1 Å². The summed E-state index contributed by atoms with van der Waals surface area (Å²) in [5.41, 5.74) is 11.6. The van der Waals surface area contributed by atoms with Crippen LogP contribution in [0.3, 0.4) is 0 Å². The van der Waals surface area contributed by atoms with Crippen LogP contribution in [0.25, 0.3) is 11.1 Å². The van der Waals surface area contributed by atoms with E-state index in [-0.39, 0.29) is 0 Å². The maximum Gasteiger partial charge on any atom is 0.0164 e. The molecule has 0 saturated heterocycles. The highest BCUT2D eigenvalue weighted by atomic mass is 14.3. The molecule has 2 radical (unpaired) electrons. The second-order valence-electron chi connectivity index (χ2n) is 7.16. The zero-order valence-electron chi connectivity index (χ0n) is 14.8.